The molecule has 0 saturated carbocycles. The number of fused-ring (bicyclic) bond motifs is 1. The van der Waals surface area contributed by atoms with Gasteiger partial charge in [-0.3, -0.25) is 9.78 Å². The second-order valence-electron chi connectivity index (χ2n) is 3.70. The molecule has 0 fully saturated rings. The van der Waals surface area contributed by atoms with Crippen LogP contribution in [-0.4, -0.2) is 15.9 Å². The zero-order chi connectivity index (χ0) is 12.4. The number of pyridine rings is 1. The fourth-order valence-electron chi connectivity index (χ4n) is 1.72. The summed E-state index contributed by atoms with van der Waals surface area (Å²) in [6.45, 7) is 0. The van der Waals surface area contributed by atoms with E-state index in [2.05, 4.69) is 15.3 Å². The number of hydrogen-bond acceptors (Lipinski definition) is 4. The molecule has 0 unspecified atom stereocenters. The predicted molar refractivity (Wildman–Crippen MR) is 66.2 cm³/mol. The predicted octanol–water partition coefficient (Wildman–Crippen LogP) is 2.48. The Bertz CT molecular complexity index is 687. The summed E-state index contributed by atoms with van der Waals surface area (Å²) in [7, 11) is 0. The Kier molecular flexibility index (Phi) is 2.49. The topological polar surface area (TPSA) is 68.0 Å². The Morgan fingerprint density at radius 3 is 2.94 bits per heavy atom. The summed E-state index contributed by atoms with van der Waals surface area (Å²) >= 11 is 0. The quantitative estimate of drug-likeness (QED) is 0.745. The van der Waals surface area contributed by atoms with Crippen molar-refractivity contribution in [2.75, 3.05) is 5.32 Å². The summed E-state index contributed by atoms with van der Waals surface area (Å²) in [5.41, 5.74) is 1.39. The van der Waals surface area contributed by atoms with E-state index in [0.717, 1.165) is 10.9 Å². The lowest BCUT2D eigenvalue weighted by Gasteiger charge is -2.05. The fourth-order valence-corrected chi connectivity index (χ4v) is 1.72. The van der Waals surface area contributed by atoms with E-state index in [9.17, 15) is 4.79 Å². The summed E-state index contributed by atoms with van der Waals surface area (Å²) in [6.07, 6.45) is 4.27. The average Bonchev–Trinajstić information content (AvgIpc) is 2.93. The molecule has 5 heteroatoms. The van der Waals surface area contributed by atoms with Crippen molar-refractivity contribution >= 4 is 22.5 Å². The number of benzene rings is 1. The first-order chi connectivity index (χ1) is 8.84. The standard InChI is InChI=1S/C13H9N3O2/c17-13(11-7-14-8-18-11)16-10-5-1-3-9-4-2-6-15-12(9)10/h1-8H,(H,16,17). The van der Waals surface area contributed by atoms with Crippen LogP contribution in [0, 0.1) is 0 Å². The smallest absolute Gasteiger partial charge is 0.293 e. The highest BCUT2D eigenvalue weighted by Gasteiger charge is 2.11. The van der Waals surface area contributed by atoms with E-state index in [-0.39, 0.29) is 11.7 Å². The van der Waals surface area contributed by atoms with E-state index in [0.29, 0.717) is 5.69 Å². The van der Waals surface area contributed by atoms with Crippen LogP contribution in [0.3, 0.4) is 0 Å². The molecular formula is C13H9N3O2. The van der Waals surface area contributed by atoms with Crippen molar-refractivity contribution in [1.29, 1.82) is 0 Å². The Morgan fingerprint density at radius 2 is 2.11 bits per heavy atom. The minimum atomic E-state index is -0.342. The maximum atomic E-state index is 11.8. The van der Waals surface area contributed by atoms with Crippen molar-refractivity contribution in [3.05, 3.63) is 54.9 Å². The number of carbonyl (C=O) groups is 1. The molecule has 2 aromatic heterocycles. The van der Waals surface area contributed by atoms with Gasteiger partial charge >= 0.3 is 0 Å². The van der Waals surface area contributed by atoms with Crippen molar-refractivity contribution in [2.45, 2.75) is 0 Å². The van der Waals surface area contributed by atoms with E-state index >= 15 is 0 Å². The van der Waals surface area contributed by atoms with Crippen LogP contribution >= 0.6 is 0 Å². The number of para-hydroxylation sites is 1. The van der Waals surface area contributed by atoms with Crippen LogP contribution in [0.2, 0.25) is 0 Å². The minimum absolute atomic E-state index is 0.169. The molecule has 18 heavy (non-hydrogen) atoms. The van der Waals surface area contributed by atoms with Gasteiger partial charge in [-0.25, -0.2) is 4.98 Å². The molecule has 1 aromatic carbocycles. The lowest BCUT2D eigenvalue weighted by atomic mass is 10.2. The summed E-state index contributed by atoms with van der Waals surface area (Å²) in [4.78, 5) is 19.8. The second-order valence-corrected chi connectivity index (χ2v) is 3.70. The second kappa shape index (κ2) is 4.29. The molecule has 0 atom stereocenters. The summed E-state index contributed by atoms with van der Waals surface area (Å²) in [5.74, 6) is -0.173. The first-order valence-electron chi connectivity index (χ1n) is 5.38. The molecule has 1 N–H and O–H groups in total. The summed E-state index contributed by atoms with van der Waals surface area (Å²) in [5, 5.41) is 3.72. The zero-order valence-electron chi connectivity index (χ0n) is 9.33. The van der Waals surface area contributed by atoms with Crippen molar-refractivity contribution in [3.63, 3.8) is 0 Å². The Morgan fingerprint density at radius 1 is 1.22 bits per heavy atom. The maximum absolute atomic E-state index is 11.8. The van der Waals surface area contributed by atoms with Crippen LogP contribution in [0.25, 0.3) is 10.9 Å². The van der Waals surface area contributed by atoms with Gasteiger partial charge in [-0.2, -0.15) is 0 Å². The molecule has 2 heterocycles. The summed E-state index contributed by atoms with van der Waals surface area (Å²) in [6, 6.07) is 9.38. The normalized spacial score (nSPS) is 10.4. The lowest BCUT2D eigenvalue weighted by Crippen LogP contribution is -2.11. The molecule has 3 rings (SSSR count). The molecule has 0 spiro atoms. The number of hydrogen-bond donors (Lipinski definition) is 1. The van der Waals surface area contributed by atoms with Gasteiger partial charge in [-0.1, -0.05) is 18.2 Å². The van der Waals surface area contributed by atoms with Gasteiger partial charge in [-0.15, -0.1) is 0 Å². The number of aromatic nitrogens is 2. The van der Waals surface area contributed by atoms with Crippen molar-refractivity contribution in [2.24, 2.45) is 0 Å². The molecule has 5 nitrogen and oxygen atoms in total. The van der Waals surface area contributed by atoms with E-state index in [1.165, 1.54) is 12.6 Å². The Labute approximate surface area is 102 Å². The van der Waals surface area contributed by atoms with Gasteiger partial charge in [0.05, 0.1) is 17.4 Å². The van der Waals surface area contributed by atoms with Crippen LogP contribution < -0.4 is 5.32 Å². The minimum Gasteiger partial charge on any atom is -0.438 e. The van der Waals surface area contributed by atoms with Crippen LogP contribution in [-0.2, 0) is 0 Å². The van der Waals surface area contributed by atoms with E-state index in [1.54, 1.807) is 12.3 Å². The van der Waals surface area contributed by atoms with E-state index < -0.39 is 0 Å². The Hall–Kier alpha value is -2.69. The highest BCUT2D eigenvalue weighted by Crippen LogP contribution is 2.21. The number of nitrogens with one attached hydrogen (secondary N) is 1. The lowest BCUT2D eigenvalue weighted by molar-refractivity contribution is 0.0997. The van der Waals surface area contributed by atoms with E-state index in [1.807, 2.05) is 24.3 Å². The monoisotopic (exact) mass is 239 g/mol. The van der Waals surface area contributed by atoms with Gasteiger partial charge in [0.2, 0.25) is 5.76 Å². The van der Waals surface area contributed by atoms with Crippen molar-refractivity contribution in [3.8, 4) is 0 Å². The van der Waals surface area contributed by atoms with Gasteiger partial charge in [0.15, 0.2) is 6.39 Å². The average molecular weight is 239 g/mol. The van der Waals surface area contributed by atoms with Crippen LogP contribution in [0.15, 0.2) is 53.5 Å². The SMILES string of the molecule is O=C(Nc1cccc2cccnc12)c1cnco1. The number of amides is 1. The third kappa shape index (κ3) is 1.82. The molecular weight excluding hydrogens is 230 g/mol. The molecule has 0 aliphatic heterocycles. The zero-order valence-corrected chi connectivity index (χ0v) is 9.33. The van der Waals surface area contributed by atoms with E-state index in [4.69, 9.17) is 4.42 Å². The molecule has 0 aliphatic rings. The first-order valence-corrected chi connectivity index (χ1v) is 5.38. The molecule has 88 valence electrons. The molecule has 0 bridgehead atoms. The molecule has 0 aliphatic carbocycles. The van der Waals surface area contributed by atoms with Crippen molar-refractivity contribution < 1.29 is 9.21 Å². The molecule has 1 amide bonds. The van der Waals surface area contributed by atoms with Gasteiger partial charge in [0, 0.05) is 11.6 Å². The third-order valence-corrected chi connectivity index (χ3v) is 2.54. The Balaban J connectivity index is 1.98. The largest absolute Gasteiger partial charge is 0.438 e. The first kappa shape index (κ1) is 10.5. The van der Waals surface area contributed by atoms with Crippen LogP contribution in [0.1, 0.15) is 10.6 Å². The fraction of sp³-hybridized carbons (Fsp3) is 0. The third-order valence-electron chi connectivity index (χ3n) is 2.54. The van der Waals surface area contributed by atoms with Crippen LogP contribution in [0.5, 0.6) is 0 Å². The molecule has 3 aromatic rings. The number of nitrogens with zero attached hydrogens (tertiary/aromatic N) is 2. The van der Waals surface area contributed by atoms with Crippen molar-refractivity contribution in [1.82, 2.24) is 9.97 Å². The van der Waals surface area contributed by atoms with Gasteiger partial charge in [0.25, 0.3) is 5.91 Å². The summed E-state index contributed by atoms with van der Waals surface area (Å²) < 4.78 is 4.94. The van der Waals surface area contributed by atoms with Gasteiger partial charge in [0.1, 0.15) is 0 Å². The number of rotatable bonds is 2. The number of anilines is 1. The highest BCUT2D eigenvalue weighted by molar-refractivity contribution is 6.06. The van der Waals surface area contributed by atoms with Crippen LogP contribution in [0.4, 0.5) is 5.69 Å². The van der Waals surface area contributed by atoms with Gasteiger partial charge in [-0.05, 0) is 12.1 Å². The molecule has 0 saturated heterocycles. The number of carbonyl (C=O) groups excluding carboxylic acids is 1. The molecule has 0 radical (unpaired) electrons. The number of oxazole rings is 1. The highest BCUT2D eigenvalue weighted by atomic mass is 16.3. The maximum Gasteiger partial charge on any atom is 0.293 e. The van der Waals surface area contributed by atoms with Gasteiger partial charge < -0.3 is 9.73 Å².